The normalized spacial score (nSPS) is 32.4. The van der Waals surface area contributed by atoms with E-state index in [9.17, 15) is 4.79 Å². The number of carbonyl (C=O) groups is 1. The van der Waals surface area contributed by atoms with Crippen molar-refractivity contribution >= 4 is 34.8 Å². The van der Waals surface area contributed by atoms with E-state index in [-0.39, 0.29) is 22.7 Å². The van der Waals surface area contributed by atoms with Gasteiger partial charge in [0.05, 0.1) is 15.5 Å². The number of allylic oxidation sites excluding steroid dienone is 2. The van der Waals surface area contributed by atoms with Gasteiger partial charge in [-0.05, 0) is 41.9 Å². The molecule has 3 atom stereocenters. The van der Waals surface area contributed by atoms with Crippen molar-refractivity contribution in [1.82, 2.24) is 0 Å². The Balaban J connectivity index is 1.83. The monoisotopic (exact) mass is 323 g/mol. The van der Waals surface area contributed by atoms with Gasteiger partial charge in [0.15, 0.2) is 0 Å². The van der Waals surface area contributed by atoms with Crippen LogP contribution in [0.4, 0.5) is 5.69 Å². The zero-order valence-electron chi connectivity index (χ0n) is 12.4. The van der Waals surface area contributed by atoms with Gasteiger partial charge >= 0.3 is 0 Å². The molecule has 0 aliphatic heterocycles. The number of halogens is 2. The molecule has 1 aromatic carbocycles. The van der Waals surface area contributed by atoms with Gasteiger partial charge in [-0.15, -0.1) is 0 Å². The van der Waals surface area contributed by atoms with E-state index >= 15 is 0 Å². The van der Waals surface area contributed by atoms with Crippen molar-refractivity contribution in [3.63, 3.8) is 0 Å². The molecule has 0 unspecified atom stereocenters. The van der Waals surface area contributed by atoms with Gasteiger partial charge in [0, 0.05) is 5.69 Å². The molecule has 1 amide bonds. The molecule has 1 N–H and O–H groups in total. The van der Waals surface area contributed by atoms with Gasteiger partial charge in [0.1, 0.15) is 0 Å². The highest BCUT2D eigenvalue weighted by Crippen LogP contribution is 2.62. The van der Waals surface area contributed by atoms with Gasteiger partial charge in [0.25, 0.3) is 0 Å². The number of hydrogen-bond acceptors (Lipinski definition) is 1. The summed E-state index contributed by atoms with van der Waals surface area (Å²) < 4.78 is 0. The highest BCUT2D eigenvalue weighted by Gasteiger charge is 2.59. The minimum absolute atomic E-state index is 0.0609. The smallest absolute Gasteiger partial charge is 0.230 e. The van der Waals surface area contributed by atoms with E-state index in [4.69, 9.17) is 23.2 Å². The van der Waals surface area contributed by atoms with Gasteiger partial charge in [0.2, 0.25) is 5.91 Å². The fraction of sp³-hybridized carbons (Fsp3) is 0.471. The predicted octanol–water partition coefficient (Wildman–Crippen LogP) is 5.17. The molecule has 2 nitrogen and oxygen atoms in total. The number of rotatable bonds is 2. The zero-order chi connectivity index (χ0) is 15.4. The third-order valence-electron chi connectivity index (χ3n) is 5.32. The summed E-state index contributed by atoms with van der Waals surface area (Å²) in [7, 11) is 0. The summed E-state index contributed by atoms with van der Waals surface area (Å²) in [6.07, 6.45) is 5.37. The molecule has 0 saturated heterocycles. The molecule has 0 heterocycles. The fourth-order valence-electron chi connectivity index (χ4n) is 4.00. The number of hydrogen-bond donors (Lipinski definition) is 1. The molecule has 1 aromatic rings. The minimum atomic E-state index is -0.366. The molecule has 2 aliphatic carbocycles. The molecule has 4 heteroatoms. The van der Waals surface area contributed by atoms with Gasteiger partial charge < -0.3 is 5.32 Å². The van der Waals surface area contributed by atoms with Crippen LogP contribution in [-0.2, 0) is 4.79 Å². The number of fused-ring (bicyclic) bond motifs is 2. The molecular weight excluding hydrogens is 305 g/mol. The molecule has 0 radical (unpaired) electrons. The molecule has 2 aliphatic rings. The summed E-state index contributed by atoms with van der Waals surface area (Å²) in [6, 6.07) is 5.18. The average molecular weight is 324 g/mol. The number of nitrogens with one attached hydrogen (secondary N) is 1. The highest BCUT2D eigenvalue weighted by atomic mass is 35.5. The second-order valence-corrected chi connectivity index (χ2v) is 7.81. The lowest BCUT2D eigenvalue weighted by atomic mass is 9.72. The highest BCUT2D eigenvalue weighted by molar-refractivity contribution is 6.42. The average Bonchev–Trinajstić information content (AvgIpc) is 2.80. The quantitative estimate of drug-likeness (QED) is 0.747. The first kappa shape index (κ1) is 14.9. The molecule has 1 saturated carbocycles. The van der Waals surface area contributed by atoms with Crippen LogP contribution in [0.1, 0.15) is 27.2 Å². The summed E-state index contributed by atoms with van der Waals surface area (Å²) in [5.74, 6) is 0.815. The predicted molar refractivity (Wildman–Crippen MR) is 87.7 cm³/mol. The molecule has 1 fully saturated rings. The van der Waals surface area contributed by atoms with Gasteiger partial charge in [-0.3, -0.25) is 4.79 Å². The second kappa shape index (κ2) is 4.76. The van der Waals surface area contributed by atoms with Crippen molar-refractivity contribution in [3.8, 4) is 0 Å². The fourth-order valence-corrected chi connectivity index (χ4v) is 4.30. The van der Waals surface area contributed by atoms with Gasteiger partial charge in [-0.2, -0.15) is 0 Å². The van der Waals surface area contributed by atoms with Crippen LogP contribution in [0.25, 0.3) is 0 Å². The van der Waals surface area contributed by atoms with Crippen LogP contribution in [0.3, 0.4) is 0 Å². The first-order valence-electron chi connectivity index (χ1n) is 7.20. The molecule has 2 bridgehead atoms. The SMILES string of the molecule is CC1(C)[C@@H]2C=C[C@@H]1[C@@](C)(C(=O)Nc1ccc(Cl)c(Cl)c1)C2. The maximum atomic E-state index is 12.8. The third-order valence-corrected chi connectivity index (χ3v) is 6.06. The number of anilines is 1. The lowest BCUT2D eigenvalue weighted by Gasteiger charge is -2.33. The van der Waals surface area contributed by atoms with Crippen LogP contribution in [0.2, 0.25) is 10.0 Å². The Morgan fingerprint density at radius 1 is 1.19 bits per heavy atom. The molecule has 112 valence electrons. The number of carbonyl (C=O) groups excluding carboxylic acids is 1. The first-order valence-corrected chi connectivity index (χ1v) is 7.95. The van der Waals surface area contributed by atoms with Crippen molar-refractivity contribution in [2.75, 3.05) is 5.32 Å². The zero-order valence-corrected chi connectivity index (χ0v) is 13.9. The van der Waals surface area contributed by atoms with Crippen LogP contribution in [-0.4, -0.2) is 5.91 Å². The second-order valence-electron chi connectivity index (χ2n) is 7.00. The van der Waals surface area contributed by atoms with Crippen LogP contribution < -0.4 is 5.32 Å². The largest absolute Gasteiger partial charge is 0.326 e. The molecule has 3 rings (SSSR count). The van der Waals surface area contributed by atoms with Crippen LogP contribution in [0.5, 0.6) is 0 Å². The van der Waals surface area contributed by atoms with Crippen molar-refractivity contribution in [3.05, 3.63) is 40.4 Å². The van der Waals surface area contributed by atoms with E-state index in [0.29, 0.717) is 21.7 Å². The van der Waals surface area contributed by atoms with E-state index < -0.39 is 0 Å². The van der Waals surface area contributed by atoms with E-state index in [2.05, 4.69) is 38.2 Å². The maximum absolute atomic E-state index is 12.8. The lowest BCUT2D eigenvalue weighted by Crippen LogP contribution is -2.39. The topological polar surface area (TPSA) is 29.1 Å². The van der Waals surface area contributed by atoms with E-state index in [1.807, 2.05) is 0 Å². The summed E-state index contributed by atoms with van der Waals surface area (Å²) in [6.45, 7) is 6.57. The van der Waals surface area contributed by atoms with Crippen molar-refractivity contribution in [2.45, 2.75) is 27.2 Å². The van der Waals surface area contributed by atoms with Gasteiger partial charge in [-0.25, -0.2) is 0 Å². The Morgan fingerprint density at radius 2 is 1.90 bits per heavy atom. The van der Waals surface area contributed by atoms with E-state index in [1.165, 1.54) is 0 Å². The summed E-state index contributed by atoms with van der Waals surface area (Å²) in [4.78, 5) is 12.8. The van der Waals surface area contributed by atoms with Crippen molar-refractivity contribution < 1.29 is 4.79 Å². The van der Waals surface area contributed by atoms with Crippen LogP contribution in [0.15, 0.2) is 30.4 Å². The maximum Gasteiger partial charge on any atom is 0.230 e. The van der Waals surface area contributed by atoms with Crippen LogP contribution in [0, 0.1) is 22.7 Å². The number of benzene rings is 1. The lowest BCUT2D eigenvalue weighted by molar-refractivity contribution is -0.126. The molecule has 0 spiro atoms. The van der Waals surface area contributed by atoms with Gasteiger partial charge in [-0.1, -0.05) is 56.1 Å². The first-order chi connectivity index (χ1) is 9.75. The van der Waals surface area contributed by atoms with Crippen molar-refractivity contribution in [2.24, 2.45) is 22.7 Å². The van der Waals surface area contributed by atoms with Crippen molar-refractivity contribution in [1.29, 1.82) is 0 Å². The Kier molecular flexibility index (Phi) is 3.38. The Morgan fingerprint density at radius 3 is 2.43 bits per heavy atom. The Hall–Kier alpha value is -0.990. The van der Waals surface area contributed by atoms with Crippen LogP contribution >= 0.6 is 23.2 Å². The standard InChI is InChI=1S/C17H19Cl2NO/c1-16(2)10-4-7-14(16)17(3,9-10)15(21)20-11-5-6-12(18)13(19)8-11/h4-8,10,14H,9H2,1-3H3,(H,20,21)/t10-,14+,17+/m1/s1. The number of amides is 1. The Bertz CT molecular complexity index is 638. The summed E-state index contributed by atoms with van der Waals surface area (Å²) >= 11 is 11.9. The molecule has 0 aromatic heterocycles. The summed E-state index contributed by atoms with van der Waals surface area (Å²) in [5.41, 5.74) is 0.485. The van der Waals surface area contributed by atoms with E-state index in [1.54, 1.807) is 18.2 Å². The third kappa shape index (κ3) is 2.20. The van der Waals surface area contributed by atoms with E-state index in [0.717, 1.165) is 6.42 Å². The molecular formula is C17H19Cl2NO. The minimum Gasteiger partial charge on any atom is -0.326 e. The Labute approximate surface area is 135 Å². The molecule has 21 heavy (non-hydrogen) atoms. The summed E-state index contributed by atoms with van der Waals surface area (Å²) in [5, 5.41) is 3.94.